The number of carbonyl (C=O) groups is 1. The Morgan fingerprint density at radius 2 is 2.11 bits per heavy atom. The molecule has 0 fully saturated rings. The van der Waals surface area contributed by atoms with E-state index in [9.17, 15) is 13.2 Å². The molecule has 0 bridgehead atoms. The van der Waals surface area contributed by atoms with Crippen LogP contribution in [0.2, 0.25) is 0 Å². The molecule has 19 heavy (non-hydrogen) atoms. The van der Waals surface area contributed by atoms with Crippen molar-refractivity contribution in [1.82, 2.24) is 9.71 Å². The average Bonchev–Trinajstić information content (AvgIpc) is 2.38. The minimum atomic E-state index is -3.54. The zero-order chi connectivity index (χ0) is 14.3. The number of nitrogens with one attached hydrogen (secondary N) is 2. The van der Waals surface area contributed by atoms with Crippen molar-refractivity contribution in [2.45, 2.75) is 24.2 Å². The predicted molar refractivity (Wildman–Crippen MR) is 72.0 cm³/mol. The van der Waals surface area contributed by atoms with E-state index in [1.165, 1.54) is 12.3 Å². The van der Waals surface area contributed by atoms with Crippen LogP contribution in [0, 0.1) is 0 Å². The van der Waals surface area contributed by atoms with Gasteiger partial charge in [-0.15, -0.1) is 0 Å². The highest BCUT2D eigenvalue weighted by Crippen LogP contribution is 2.10. The van der Waals surface area contributed by atoms with E-state index in [1.54, 1.807) is 13.1 Å². The van der Waals surface area contributed by atoms with Crippen molar-refractivity contribution in [2.24, 2.45) is 5.73 Å². The maximum absolute atomic E-state index is 11.9. The van der Waals surface area contributed by atoms with Crippen LogP contribution < -0.4 is 15.8 Å². The third-order valence-electron chi connectivity index (χ3n) is 2.44. The fraction of sp³-hybridized carbons (Fsp3) is 0.455. The van der Waals surface area contributed by atoms with Gasteiger partial charge in [0.2, 0.25) is 15.9 Å². The van der Waals surface area contributed by atoms with Gasteiger partial charge in [0.05, 0.1) is 0 Å². The van der Waals surface area contributed by atoms with Gasteiger partial charge >= 0.3 is 0 Å². The lowest BCUT2D eigenvalue weighted by molar-refractivity contribution is -0.118. The molecular weight excluding hydrogens is 268 g/mol. The molecule has 1 aromatic heterocycles. The van der Waals surface area contributed by atoms with E-state index in [4.69, 9.17) is 5.73 Å². The number of carbonyl (C=O) groups excluding carboxylic acids is 1. The summed E-state index contributed by atoms with van der Waals surface area (Å²) >= 11 is 0. The molecule has 0 aliphatic rings. The lowest BCUT2D eigenvalue weighted by Crippen LogP contribution is -2.25. The first-order valence-electron chi connectivity index (χ1n) is 5.87. The molecule has 7 nitrogen and oxygen atoms in total. The Kier molecular flexibility index (Phi) is 5.71. The van der Waals surface area contributed by atoms with Crippen LogP contribution in [0.15, 0.2) is 23.2 Å². The molecule has 1 aromatic rings. The Hall–Kier alpha value is -1.67. The number of pyridine rings is 1. The number of anilines is 1. The number of hydrogen-bond acceptors (Lipinski definition) is 5. The van der Waals surface area contributed by atoms with Crippen molar-refractivity contribution in [1.29, 1.82) is 0 Å². The van der Waals surface area contributed by atoms with Crippen molar-refractivity contribution in [3.8, 4) is 0 Å². The topological polar surface area (TPSA) is 114 Å². The van der Waals surface area contributed by atoms with Gasteiger partial charge in [-0.05, 0) is 25.0 Å². The van der Waals surface area contributed by atoms with Crippen LogP contribution >= 0.6 is 0 Å². The second kappa shape index (κ2) is 7.05. The minimum absolute atomic E-state index is 0.112. The lowest BCUT2D eigenvalue weighted by Gasteiger charge is -2.06. The Morgan fingerprint density at radius 3 is 2.63 bits per heavy atom. The summed E-state index contributed by atoms with van der Waals surface area (Å²) in [6, 6.07) is 3.06. The number of amides is 1. The van der Waals surface area contributed by atoms with Gasteiger partial charge in [0.1, 0.15) is 10.7 Å². The highest BCUT2D eigenvalue weighted by atomic mass is 32.2. The molecule has 0 aliphatic heterocycles. The van der Waals surface area contributed by atoms with Gasteiger partial charge in [-0.3, -0.25) is 4.79 Å². The van der Waals surface area contributed by atoms with Crippen molar-refractivity contribution >= 4 is 21.7 Å². The summed E-state index contributed by atoms with van der Waals surface area (Å²) in [6.07, 6.45) is 2.68. The van der Waals surface area contributed by atoms with E-state index in [-0.39, 0.29) is 23.8 Å². The SMILES string of the molecule is CNc1ccc(S(=O)(=O)NCCCCC(N)=O)cn1. The van der Waals surface area contributed by atoms with Crippen LogP contribution in [0.25, 0.3) is 0 Å². The number of aromatic nitrogens is 1. The van der Waals surface area contributed by atoms with Crippen molar-refractivity contribution in [3.05, 3.63) is 18.3 Å². The smallest absolute Gasteiger partial charge is 0.242 e. The van der Waals surface area contributed by atoms with Gasteiger partial charge in [-0.25, -0.2) is 18.1 Å². The molecule has 0 unspecified atom stereocenters. The monoisotopic (exact) mass is 286 g/mol. The Balaban J connectivity index is 2.48. The van der Waals surface area contributed by atoms with E-state index in [0.717, 1.165) is 0 Å². The van der Waals surface area contributed by atoms with Crippen molar-refractivity contribution in [2.75, 3.05) is 18.9 Å². The highest BCUT2D eigenvalue weighted by Gasteiger charge is 2.13. The number of hydrogen-bond donors (Lipinski definition) is 3. The molecule has 0 saturated heterocycles. The van der Waals surface area contributed by atoms with Crippen LogP contribution in [0.1, 0.15) is 19.3 Å². The van der Waals surface area contributed by atoms with Crippen LogP contribution in [0.3, 0.4) is 0 Å². The molecular formula is C11H18N4O3S. The molecule has 4 N–H and O–H groups in total. The first-order valence-corrected chi connectivity index (χ1v) is 7.36. The Morgan fingerprint density at radius 1 is 1.37 bits per heavy atom. The predicted octanol–water partition coefficient (Wildman–Crippen LogP) is 0.0572. The normalized spacial score (nSPS) is 11.2. The van der Waals surface area contributed by atoms with E-state index in [1.807, 2.05) is 0 Å². The average molecular weight is 286 g/mol. The standard InChI is InChI=1S/C11H18N4O3S/c1-13-11-6-5-9(8-14-11)19(17,18)15-7-3-2-4-10(12)16/h5-6,8,15H,2-4,7H2,1H3,(H2,12,16)(H,13,14). The minimum Gasteiger partial charge on any atom is -0.373 e. The lowest BCUT2D eigenvalue weighted by atomic mass is 10.2. The molecule has 0 radical (unpaired) electrons. The fourth-order valence-corrected chi connectivity index (χ4v) is 2.42. The number of sulfonamides is 1. The van der Waals surface area contributed by atoms with Gasteiger partial charge in [-0.1, -0.05) is 0 Å². The van der Waals surface area contributed by atoms with E-state index in [2.05, 4.69) is 15.0 Å². The molecule has 1 rings (SSSR count). The molecule has 8 heteroatoms. The fourth-order valence-electron chi connectivity index (χ4n) is 1.40. The molecule has 0 spiro atoms. The number of primary amides is 1. The summed E-state index contributed by atoms with van der Waals surface area (Å²) in [4.78, 5) is 14.6. The number of nitrogens with two attached hydrogens (primary N) is 1. The largest absolute Gasteiger partial charge is 0.373 e. The second-order valence-corrected chi connectivity index (χ2v) is 5.72. The molecule has 0 atom stereocenters. The Labute approximate surface area is 112 Å². The first kappa shape index (κ1) is 15.4. The summed E-state index contributed by atoms with van der Waals surface area (Å²) in [5, 5.41) is 2.81. The number of rotatable bonds is 8. The van der Waals surface area contributed by atoms with Crippen LogP contribution in [-0.4, -0.2) is 32.9 Å². The summed E-state index contributed by atoms with van der Waals surface area (Å²) in [6.45, 7) is 0.267. The van der Waals surface area contributed by atoms with Crippen LogP contribution in [0.5, 0.6) is 0 Å². The zero-order valence-electron chi connectivity index (χ0n) is 10.7. The summed E-state index contributed by atoms with van der Waals surface area (Å²) < 4.78 is 26.2. The summed E-state index contributed by atoms with van der Waals surface area (Å²) in [5.74, 6) is 0.218. The summed E-state index contributed by atoms with van der Waals surface area (Å²) in [5.41, 5.74) is 4.99. The first-order chi connectivity index (χ1) is 8.95. The third kappa shape index (κ3) is 5.23. The highest BCUT2D eigenvalue weighted by molar-refractivity contribution is 7.89. The quantitative estimate of drug-likeness (QED) is 0.584. The number of nitrogens with zero attached hydrogens (tertiary/aromatic N) is 1. The third-order valence-corrected chi connectivity index (χ3v) is 3.89. The van der Waals surface area contributed by atoms with E-state index >= 15 is 0 Å². The van der Waals surface area contributed by atoms with Gasteiger partial charge in [0.25, 0.3) is 0 Å². The Bertz CT molecular complexity index is 513. The van der Waals surface area contributed by atoms with Crippen LogP contribution in [-0.2, 0) is 14.8 Å². The maximum atomic E-state index is 11.9. The summed E-state index contributed by atoms with van der Waals surface area (Å²) in [7, 11) is -1.84. The molecule has 106 valence electrons. The maximum Gasteiger partial charge on any atom is 0.242 e. The van der Waals surface area contributed by atoms with Gasteiger partial charge < -0.3 is 11.1 Å². The molecule has 0 aliphatic carbocycles. The van der Waals surface area contributed by atoms with E-state index in [0.29, 0.717) is 18.7 Å². The molecule has 1 amide bonds. The van der Waals surface area contributed by atoms with Crippen molar-refractivity contribution < 1.29 is 13.2 Å². The van der Waals surface area contributed by atoms with Gasteiger partial charge in [0, 0.05) is 26.2 Å². The molecule has 0 saturated carbocycles. The molecule has 1 heterocycles. The van der Waals surface area contributed by atoms with E-state index < -0.39 is 10.0 Å². The van der Waals surface area contributed by atoms with Gasteiger partial charge in [-0.2, -0.15) is 0 Å². The molecule has 0 aromatic carbocycles. The van der Waals surface area contributed by atoms with Crippen molar-refractivity contribution in [3.63, 3.8) is 0 Å². The zero-order valence-corrected chi connectivity index (χ0v) is 11.5. The number of unbranched alkanes of at least 4 members (excludes halogenated alkanes) is 1. The van der Waals surface area contributed by atoms with Gasteiger partial charge in [0.15, 0.2) is 0 Å². The second-order valence-electron chi connectivity index (χ2n) is 3.95. The van der Waals surface area contributed by atoms with Crippen LogP contribution in [0.4, 0.5) is 5.82 Å².